The van der Waals surface area contributed by atoms with Crippen molar-refractivity contribution >= 4 is 23.9 Å². The highest BCUT2D eigenvalue weighted by Crippen LogP contribution is 2.67. The predicted molar refractivity (Wildman–Crippen MR) is 370 cm³/mol. The van der Waals surface area contributed by atoms with Crippen molar-refractivity contribution in [1.82, 2.24) is 0 Å². The van der Waals surface area contributed by atoms with Crippen molar-refractivity contribution in [2.75, 3.05) is 13.6 Å². The van der Waals surface area contributed by atoms with E-state index in [0.29, 0.717) is 0 Å². The van der Waals surface area contributed by atoms with Crippen molar-refractivity contribution in [3.63, 3.8) is 0 Å². The van der Waals surface area contributed by atoms with E-state index in [9.17, 15) is 19.2 Å². The maximum absolute atomic E-state index is 12.2. The summed E-state index contributed by atoms with van der Waals surface area (Å²) in [6.45, 7) is 51.1. The lowest BCUT2D eigenvalue weighted by Gasteiger charge is -2.43. The van der Waals surface area contributed by atoms with Crippen LogP contribution in [0.4, 0.5) is 0 Å². The number of hydrogen-bond acceptors (Lipinski definition) is 12. The van der Waals surface area contributed by atoms with Crippen molar-refractivity contribution in [3.05, 3.63) is 0 Å². The molecule has 8 aliphatic rings. The van der Waals surface area contributed by atoms with Gasteiger partial charge in [0.05, 0.1) is 47.1 Å². The zero-order valence-electron chi connectivity index (χ0n) is 55.6. The molecule has 12 nitrogen and oxygen atoms in total. The minimum absolute atomic E-state index is 0. The minimum Gasteiger partial charge on any atom is -0.438 e. The zero-order valence-corrected chi connectivity index (χ0v) is 55.6. The Hall–Kier alpha value is -2.28. The van der Waals surface area contributed by atoms with E-state index < -0.39 is 23.4 Å². The Morgan fingerprint density at radius 1 is 0.398 bits per heavy atom. The van der Waals surface area contributed by atoms with Crippen LogP contribution in [0, 0.1) is 89.7 Å². The van der Waals surface area contributed by atoms with Crippen molar-refractivity contribution in [3.8, 4) is 0 Å². The molecule has 0 aromatic carbocycles. The van der Waals surface area contributed by atoms with Crippen molar-refractivity contribution in [1.29, 1.82) is 0 Å². The number of hydrogen-bond donors (Lipinski definition) is 0. The topological polar surface area (TPSA) is 142 Å². The van der Waals surface area contributed by atoms with E-state index in [1.54, 1.807) is 0 Å². The summed E-state index contributed by atoms with van der Waals surface area (Å²) in [5.74, 6) is 2.29. The summed E-state index contributed by atoms with van der Waals surface area (Å²) in [5.41, 5.74) is 0.939. The van der Waals surface area contributed by atoms with Crippen LogP contribution in [0.25, 0.3) is 0 Å². The molecule has 0 aliphatic heterocycles. The Balaban J connectivity index is -0.000000519. The van der Waals surface area contributed by atoms with Gasteiger partial charge in [-0.15, -0.1) is 0 Å². The van der Waals surface area contributed by atoms with E-state index in [0.717, 1.165) is 49.4 Å². The first-order valence-electron chi connectivity index (χ1n) is 32.0. The summed E-state index contributed by atoms with van der Waals surface area (Å²) < 4.78 is 46.0. The summed E-state index contributed by atoms with van der Waals surface area (Å²) in [6.07, 6.45) is 18.2. The molecule has 16 atom stereocenters. The Morgan fingerprint density at radius 3 is 0.955 bits per heavy atom. The van der Waals surface area contributed by atoms with Gasteiger partial charge in [-0.05, 0) is 211 Å². The molecule has 0 N–H and O–H groups in total. The molecular formula is C76H152O12. The van der Waals surface area contributed by atoms with Gasteiger partial charge >= 0.3 is 23.9 Å². The minimum atomic E-state index is -0.469. The quantitative estimate of drug-likeness (QED) is 0.0650. The van der Waals surface area contributed by atoms with Gasteiger partial charge in [-0.1, -0.05) is 184 Å². The maximum atomic E-state index is 12.2. The molecule has 0 aromatic rings. The van der Waals surface area contributed by atoms with Crippen LogP contribution >= 0.6 is 0 Å². The van der Waals surface area contributed by atoms with Gasteiger partial charge in [0.1, 0.15) is 0 Å². The van der Waals surface area contributed by atoms with Gasteiger partial charge in [0.25, 0.3) is 0 Å². The molecule has 12 heteroatoms. The lowest BCUT2D eigenvalue weighted by atomic mass is 9.70. The molecule has 8 bridgehead atoms. The van der Waals surface area contributed by atoms with Crippen molar-refractivity contribution in [2.24, 2.45) is 89.7 Å². The molecule has 0 amide bonds. The van der Waals surface area contributed by atoms with Crippen LogP contribution in [-0.2, 0) is 57.1 Å². The molecule has 8 saturated carbocycles. The van der Waals surface area contributed by atoms with E-state index in [1.807, 2.05) is 83.1 Å². The average Bonchev–Trinajstić information content (AvgIpc) is 4.26. The largest absolute Gasteiger partial charge is 0.438 e. The number of esters is 4. The Kier molecular flexibility index (Phi) is 35.8. The van der Waals surface area contributed by atoms with Crippen LogP contribution in [0.3, 0.4) is 0 Å². The molecule has 0 spiro atoms. The zero-order chi connectivity index (χ0) is 60.6. The van der Waals surface area contributed by atoms with Crippen LogP contribution in [0.15, 0.2) is 0 Å². The molecule has 8 rings (SSSR count). The number of carbonyl (C=O) groups is 4. The first kappa shape index (κ1) is 92.1. The van der Waals surface area contributed by atoms with E-state index in [2.05, 4.69) is 83.1 Å². The predicted octanol–water partition coefficient (Wildman–Crippen LogP) is 21.7. The third-order valence-corrected chi connectivity index (χ3v) is 23.5. The Labute approximate surface area is 547 Å². The van der Waals surface area contributed by atoms with E-state index in [-0.39, 0.29) is 176 Å². The van der Waals surface area contributed by atoms with Gasteiger partial charge in [0.2, 0.25) is 0 Å². The number of ether oxygens (including phenoxy) is 8. The third kappa shape index (κ3) is 19.4. The van der Waals surface area contributed by atoms with Crippen LogP contribution < -0.4 is 0 Å². The molecule has 0 saturated heterocycles. The number of fused-ring (bicyclic) bond motifs is 8. The Bertz CT molecular complexity index is 2090. The first-order chi connectivity index (χ1) is 36.7. The molecule has 88 heavy (non-hydrogen) atoms. The number of carbonyl (C=O) groups excluding carboxylic acids is 4. The van der Waals surface area contributed by atoms with Crippen LogP contribution in [-0.4, -0.2) is 74.5 Å². The molecule has 8 fully saturated rings. The van der Waals surface area contributed by atoms with Gasteiger partial charge in [-0.25, -0.2) is 0 Å². The van der Waals surface area contributed by atoms with Crippen molar-refractivity contribution < 1.29 is 57.1 Å². The van der Waals surface area contributed by atoms with Gasteiger partial charge in [-0.2, -0.15) is 0 Å². The molecule has 0 heterocycles. The van der Waals surface area contributed by atoms with Gasteiger partial charge in [0, 0.05) is 0 Å². The van der Waals surface area contributed by atoms with Crippen LogP contribution in [0.1, 0.15) is 328 Å². The van der Waals surface area contributed by atoms with Crippen LogP contribution in [0.2, 0.25) is 0 Å². The summed E-state index contributed by atoms with van der Waals surface area (Å²) >= 11 is 0. The molecule has 528 valence electrons. The second kappa shape index (κ2) is 34.2. The SMILES string of the molecule is C.C.C.C.C.C.C.C.CCC(C)(C)C(=O)OC(C)OC1C2(C)CCC(C2)C1(C)C.CCC(C)(C)C(=O)OCOC1C2(C)CCC(C2)C1(C)C.CCC(C)C(=O)OC(C)OC1C2(C)CCC(C2)C1(C)C.CCC(C)C(=O)OCOC1C2(C)CCC(C2)C1(C)C. The second-order valence-corrected chi connectivity index (χ2v) is 32.0. The molecule has 16 unspecified atom stereocenters. The first-order valence-corrected chi connectivity index (χ1v) is 32.0. The van der Waals surface area contributed by atoms with E-state index in [1.165, 1.54) is 77.0 Å². The monoisotopic (exact) mass is 1260 g/mol. The third-order valence-electron chi connectivity index (χ3n) is 23.5. The highest BCUT2D eigenvalue weighted by atomic mass is 16.7. The number of rotatable bonds is 20. The van der Waals surface area contributed by atoms with Crippen molar-refractivity contribution in [2.45, 2.75) is 365 Å². The molecule has 0 radical (unpaired) electrons. The standard InChI is InChI=1S/C18H32O3.2C17H30O3.C16H28O3.8CH4/c1-8-16(3,4)15(19)21-12(2)20-14-17(5,6)13-9-10-18(14,7)11-13;1-7-15(2,3)14(18)20-11-19-13-16(4,5)12-8-9-17(13,6)10-12;1-7-11(2)14(18)19-12(3)20-15-16(4,5)13-8-9-17(15,6)10-13;1-6-11(2)13(17)18-10-19-14-15(3,4)12-7-8-16(14,5)9-12;;;;;;;;/h12-14H,8-11H2,1-7H3;12-13H,7-11H2,1-6H3;11-13,15H,7-10H2,1-6H3;11-12,14H,6-10H2,1-5H3;8*1H4. The molecule has 0 aromatic heterocycles. The summed E-state index contributed by atoms with van der Waals surface area (Å²) in [7, 11) is 0. The summed E-state index contributed by atoms with van der Waals surface area (Å²) in [4.78, 5) is 47.7. The summed E-state index contributed by atoms with van der Waals surface area (Å²) in [6, 6.07) is 0. The lowest BCUT2D eigenvalue weighted by molar-refractivity contribution is -0.219. The Morgan fingerprint density at radius 2 is 0.670 bits per heavy atom. The molecule has 8 aliphatic carbocycles. The summed E-state index contributed by atoms with van der Waals surface area (Å²) in [5, 5.41) is 0. The lowest BCUT2D eigenvalue weighted by Crippen LogP contribution is -2.45. The normalized spacial score (nSPS) is 33.2. The fourth-order valence-corrected chi connectivity index (χ4v) is 16.8. The van der Waals surface area contributed by atoms with E-state index >= 15 is 0 Å². The van der Waals surface area contributed by atoms with E-state index in [4.69, 9.17) is 37.9 Å². The average molecular weight is 1260 g/mol. The van der Waals surface area contributed by atoms with Gasteiger partial charge < -0.3 is 37.9 Å². The molecular weight excluding hydrogens is 1100 g/mol. The van der Waals surface area contributed by atoms with Gasteiger partial charge in [-0.3, -0.25) is 19.2 Å². The van der Waals surface area contributed by atoms with Gasteiger partial charge in [0.15, 0.2) is 26.2 Å². The smallest absolute Gasteiger partial charge is 0.313 e. The van der Waals surface area contributed by atoms with Crippen LogP contribution in [0.5, 0.6) is 0 Å². The maximum Gasteiger partial charge on any atom is 0.313 e. The highest BCUT2D eigenvalue weighted by Gasteiger charge is 2.64. The highest BCUT2D eigenvalue weighted by molar-refractivity contribution is 5.76. The fraction of sp³-hybridized carbons (Fsp3) is 0.947. The fourth-order valence-electron chi connectivity index (χ4n) is 16.8. The second-order valence-electron chi connectivity index (χ2n) is 32.0.